The molecule has 1 aliphatic carbocycles. The molecule has 0 bridgehead atoms. The fourth-order valence-corrected chi connectivity index (χ4v) is 3.74. The summed E-state index contributed by atoms with van der Waals surface area (Å²) >= 11 is 0. The lowest BCUT2D eigenvalue weighted by molar-refractivity contribution is -0.186. The van der Waals surface area contributed by atoms with E-state index in [2.05, 4.69) is 0 Å². The number of hydrogen-bond donors (Lipinski definition) is 0. The number of likely N-dealkylation sites (tertiary alicyclic amines) is 1. The average Bonchev–Trinajstić information content (AvgIpc) is 3.38. The van der Waals surface area contributed by atoms with Crippen LogP contribution in [0.1, 0.15) is 41.6 Å². The highest BCUT2D eigenvalue weighted by Crippen LogP contribution is 2.37. The van der Waals surface area contributed by atoms with Gasteiger partial charge in [-0.2, -0.15) is 0 Å². The van der Waals surface area contributed by atoms with E-state index in [0.29, 0.717) is 25.3 Å². The first kappa shape index (κ1) is 16.9. The Labute approximate surface area is 146 Å². The largest absolute Gasteiger partial charge is 0.378 e. The van der Waals surface area contributed by atoms with Crippen molar-refractivity contribution in [3.63, 3.8) is 0 Å². The zero-order chi connectivity index (χ0) is 17.6. The number of benzene rings is 1. The number of carbonyl (C=O) groups excluding carboxylic acids is 1. The number of hydrogen-bond acceptors (Lipinski definition) is 3. The van der Waals surface area contributed by atoms with Crippen LogP contribution >= 0.6 is 0 Å². The lowest BCUT2D eigenvalue weighted by atomic mass is 9.84. The van der Waals surface area contributed by atoms with Crippen molar-refractivity contribution in [1.82, 2.24) is 4.90 Å². The monoisotopic (exact) mass is 351 g/mol. The summed E-state index contributed by atoms with van der Waals surface area (Å²) < 4.78 is 38.6. The predicted molar refractivity (Wildman–Crippen MR) is 87.4 cm³/mol. The van der Waals surface area contributed by atoms with E-state index in [1.165, 1.54) is 12.8 Å². The van der Waals surface area contributed by atoms with Crippen LogP contribution < -0.4 is 0 Å². The molecule has 0 N–H and O–H groups in total. The maximum Gasteiger partial charge on any atom is 0.254 e. The van der Waals surface area contributed by atoms with E-state index in [1.54, 1.807) is 11.8 Å². The molecule has 3 fully saturated rings. The van der Waals surface area contributed by atoms with Crippen LogP contribution in [0.4, 0.5) is 8.78 Å². The minimum absolute atomic E-state index is 0.191. The van der Waals surface area contributed by atoms with Gasteiger partial charge < -0.3 is 14.4 Å². The standard InChI is InChI=1S/C19H23F2NO3/c1-12-6-16(20)17(21)7-15(12)18(23)22-10-19(11-22)8-14(4-5-25-19)24-9-13-2-3-13/h6-7,13-14H,2-5,8-11H2,1H3/t14-/m0/s1. The number of aryl methyl sites for hydroxylation is 1. The quantitative estimate of drug-likeness (QED) is 0.837. The first-order chi connectivity index (χ1) is 12.0. The summed E-state index contributed by atoms with van der Waals surface area (Å²) in [5.74, 6) is -1.46. The highest BCUT2D eigenvalue weighted by Gasteiger charge is 2.50. The molecule has 3 aliphatic rings. The normalized spacial score (nSPS) is 25.1. The van der Waals surface area contributed by atoms with Crippen LogP contribution in [0.2, 0.25) is 0 Å². The van der Waals surface area contributed by atoms with Gasteiger partial charge in [0.25, 0.3) is 5.91 Å². The molecule has 0 aromatic heterocycles. The molecular formula is C19H23F2NO3. The molecule has 1 aromatic rings. The lowest BCUT2D eigenvalue weighted by Gasteiger charge is -2.53. The van der Waals surface area contributed by atoms with Crippen LogP contribution in [0.25, 0.3) is 0 Å². The minimum atomic E-state index is -0.994. The van der Waals surface area contributed by atoms with Crippen molar-refractivity contribution >= 4 is 5.91 Å². The second kappa shape index (κ2) is 6.32. The molecule has 2 saturated heterocycles. The highest BCUT2D eigenvalue weighted by molar-refractivity contribution is 5.96. The molecule has 136 valence electrons. The van der Waals surface area contributed by atoms with Gasteiger partial charge in [-0.3, -0.25) is 4.79 Å². The Bertz CT molecular complexity index is 683. The molecule has 4 rings (SSSR count). The number of carbonyl (C=O) groups is 1. The Kier molecular flexibility index (Phi) is 4.28. The second-order valence-electron chi connectivity index (χ2n) is 7.67. The average molecular weight is 351 g/mol. The van der Waals surface area contributed by atoms with Gasteiger partial charge in [0.1, 0.15) is 5.60 Å². The van der Waals surface area contributed by atoms with Crippen molar-refractivity contribution in [3.8, 4) is 0 Å². The smallest absolute Gasteiger partial charge is 0.254 e. The number of amides is 1. The lowest BCUT2D eigenvalue weighted by Crippen LogP contribution is -2.67. The van der Waals surface area contributed by atoms with E-state index >= 15 is 0 Å². The Morgan fingerprint density at radius 1 is 1.28 bits per heavy atom. The van der Waals surface area contributed by atoms with Gasteiger partial charge in [-0.1, -0.05) is 0 Å². The fourth-order valence-electron chi connectivity index (χ4n) is 3.74. The molecule has 6 heteroatoms. The van der Waals surface area contributed by atoms with E-state index in [0.717, 1.165) is 37.5 Å². The number of rotatable bonds is 4. The van der Waals surface area contributed by atoms with Crippen LogP contribution in [-0.2, 0) is 9.47 Å². The van der Waals surface area contributed by atoms with E-state index in [-0.39, 0.29) is 23.2 Å². The van der Waals surface area contributed by atoms with Crippen LogP contribution in [0, 0.1) is 24.5 Å². The number of nitrogens with zero attached hydrogens (tertiary/aromatic N) is 1. The third-order valence-corrected chi connectivity index (χ3v) is 5.46. The minimum Gasteiger partial charge on any atom is -0.378 e. The summed E-state index contributed by atoms with van der Waals surface area (Å²) in [5.41, 5.74) is 0.320. The van der Waals surface area contributed by atoms with Gasteiger partial charge in [0.05, 0.1) is 19.2 Å². The van der Waals surface area contributed by atoms with Crippen LogP contribution in [0.15, 0.2) is 12.1 Å². The zero-order valence-corrected chi connectivity index (χ0v) is 14.4. The van der Waals surface area contributed by atoms with Crippen molar-refractivity contribution in [1.29, 1.82) is 0 Å². The third kappa shape index (κ3) is 3.42. The predicted octanol–water partition coefficient (Wildman–Crippen LogP) is 3.07. The van der Waals surface area contributed by atoms with Crippen molar-refractivity contribution in [3.05, 3.63) is 34.9 Å². The SMILES string of the molecule is Cc1cc(F)c(F)cc1C(=O)N1CC2(C[C@@H](OCC3CC3)CCO2)C1. The molecule has 1 atom stereocenters. The van der Waals surface area contributed by atoms with Crippen LogP contribution in [0.5, 0.6) is 0 Å². The molecule has 25 heavy (non-hydrogen) atoms. The van der Waals surface area contributed by atoms with Crippen LogP contribution in [-0.4, -0.2) is 48.8 Å². The molecule has 1 aromatic carbocycles. The molecule has 4 nitrogen and oxygen atoms in total. The van der Waals surface area contributed by atoms with E-state index in [9.17, 15) is 13.6 Å². The summed E-state index contributed by atoms with van der Waals surface area (Å²) in [6.07, 6.45) is 4.41. The van der Waals surface area contributed by atoms with Gasteiger partial charge in [-0.15, -0.1) is 0 Å². The van der Waals surface area contributed by atoms with Gasteiger partial charge in [0.2, 0.25) is 0 Å². The molecule has 1 spiro atoms. The van der Waals surface area contributed by atoms with E-state index < -0.39 is 11.6 Å². The maximum absolute atomic E-state index is 13.5. The van der Waals surface area contributed by atoms with Crippen molar-refractivity contribution in [2.24, 2.45) is 5.92 Å². The Morgan fingerprint density at radius 2 is 2.00 bits per heavy atom. The van der Waals surface area contributed by atoms with Crippen molar-refractivity contribution in [2.75, 3.05) is 26.3 Å². The summed E-state index contributed by atoms with van der Waals surface area (Å²) in [6.45, 7) is 4.05. The van der Waals surface area contributed by atoms with Gasteiger partial charge >= 0.3 is 0 Å². The molecular weight excluding hydrogens is 328 g/mol. The zero-order valence-electron chi connectivity index (χ0n) is 14.4. The molecule has 0 radical (unpaired) electrons. The number of halogens is 2. The maximum atomic E-state index is 13.5. The molecule has 2 aliphatic heterocycles. The second-order valence-corrected chi connectivity index (χ2v) is 7.67. The Balaban J connectivity index is 1.37. The molecule has 1 amide bonds. The number of ether oxygens (including phenoxy) is 2. The van der Waals surface area contributed by atoms with Crippen molar-refractivity contribution < 1.29 is 23.0 Å². The van der Waals surface area contributed by atoms with E-state index in [1.807, 2.05) is 0 Å². The Morgan fingerprint density at radius 3 is 2.72 bits per heavy atom. The molecule has 2 heterocycles. The van der Waals surface area contributed by atoms with E-state index in [4.69, 9.17) is 9.47 Å². The van der Waals surface area contributed by atoms with Gasteiger partial charge in [-0.05, 0) is 49.8 Å². The fraction of sp³-hybridized carbons (Fsp3) is 0.632. The molecule has 1 saturated carbocycles. The van der Waals surface area contributed by atoms with Gasteiger partial charge in [0.15, 0.2) is 11.6 Å². The van der Waals surface area contributed by atoms with Gasteiger partial charge in [-0.25, -0.2) is 8.78 Å². The first-order valence-electron chi connectivity index (χ1n) is 8.96. The Hall–Kier alpha value is -1.53. The summed E-state index contributed by atoms with van der Waals surface area (Å²) in [7, 11) is 0. The third-order valence-electron chi connectivity index (χ3n) is 5.46. The van der Waals surface area contributed by atoms with Crippen LogP contribution in [0.3, 0.4) is 0 Å². The summed E-state index contributed by atoms with van der Waals surface area (Å²) in [5, 5.41) is 0. The van der Waals surface area contributed by atoms with Crippen molar-refractivity contribution in [2.45, 2.75) is 44.3 Å². The highest BCUT2D eigenvalue weighted by atomic mass is 19.2. The molecule has 0 unspecified atom stereocenters. The van der Waals surface area contributed by atoms with Gasteiger partial charge in [0, 0.05) is 25.2 Å². The summed E-state index contributed by atoms with van der Waals surface area (Å²) in [6, 6.07) is 2.05. The summed E-state index contributed by atoms with van der Waals surface area (Å²) in [4.78, 5) is 14.2. The topological polar surface area (TPSA) is 38.8 Å². The first-order valence-corrected chi connectivity index (χ1v) is 8.96.